The average Bonchev–Trinajstić information content (AvgIpc) is 2.08. The lowest BCUT2D eigenvalue weighted by atomic mass is 10.0. The zero-order chi connectivity index (χ0) is 13.8. The van der Waals surface area contributed by atoms with Gasteiger partial charge in [-0.15, -0.1) is 0 Å². The predicted molar refractivity (Wildman–Crippen MR) is 60.3 cm³/mol. The molecule has 0 fully saturated rings. The Morgan fingerprint density at radius 1 is 1.38 bits per heavy atom. The zero-order valence-electron chi connectivity index (χ0n) is 11.5. The van der Waals surface area contributed by atoms with Gasteiger partial charge in [-0.3, -0.25) is 4.90 Å². The van der Waals surface area contributed by atoms with E-state index in [9.17, 15) is 9.59 Å². The number of carboxylic acid groups (broad SMARTS) is 1. The van der Waals surface area contributed by atoms with Gasteiger partial charge in [0.05, 0.1) is 0 Å². The molecule has 0 aromatic carbocycles. The van der Waals surface area contributed by atoms with E-state index in [0.717, 1.165) is 4.90 Å². The first-order chi connectivity index (χ1) is 7.60. The Hall–Kier alpha value is -1.26. The smallest absolute Gasteiger partial charge is 0.410 e. The van der Waals surface area contributed by atoms with Crippen LogP contribution in [0.4, 0.5) is 4.79 Å². The Bertz CT molecular complexity index is 286. The second-order valence-corrected chi connectivity index (χ2v) is 4.98. The fourth-order valence-electron chi connectivity index (χ4n) is 1.21. The second kappa shape index (κ2) is 5.18. The third-order valence-electron chi connectivity index (χ3n) is 1.85. The molecule has 5 heteroatoms. The quantitative estimate of drug-likeness (QED) is 0.807. The first kappa shape index (κ1) is 12.8. The van der Waals surface area contributed by atoms with E-state index >= 15 is 0 Å². The van der Waals surface area contributed by atoms with E-state index in [1.54, 1.807) is 34.6 Å². The van der Waals surface area contributed by atoms with Crippen molar-refractivity contribution in [3.8, 4) is 0 Å². The van der Waals surface area contributed by atoms with Gasteiger partial charge in [-0.25, -0.2) is 9.59 Å². The number of nitrogens with zero attached hydrogens (tertiary/aromatic N) is 1. The molecule has 0 bridgehead atoms. The number of carbonyl (C=O) groups excluding carboxylic acids is 1. The molecule has 0 aliphatic heterocycles. The molecular weight excluding hydrogens is 210 g/mol. The SMILES string of the molecule is [2H]CN(C(=O)OC(C)(C)C)[C@H](C(=O)O)C(C)C. The van der Waals surface area contributed by atoms with Gasteiger partial charge in [0, 0.05) is 8.39 Å². The molecule has 5 nitrogen and oxygen atoms in total. The monoisotopic (exact) mass is 232 g/mol. The number of carboxylic acids is 1. The Balaban J connectivity index is 4.92. The van der Waals surface area contributed by atoms with Crippen molar-refractivity contribution in [2.75, 3.05) is 7.02 Å². The normalized spacial score (nSPS) is 14.2. The molecule has 1 N–H and O–H groups in total. The molecule has 0 aromatic heterocycles. The minimum atomic E-state index is -1.13. The highest BCUT2D eigenvalue weighted by atomic mass is 16.6. The van der Waals surface area contributed by atoms with Gasteiger partial charge in [-0.2, -0.15) is 0 Å². The summed E-state index contributed by atoms with van der Waals surface area (Å²) in [5.41, 5.74) is -0.704. The fourth-order valence-corrected chi connectivity index (χ4v) is 1.21. The number of rotatable bonds is 3. The van der Waals surface area contributed by atoms with Crippen LogP contribution in [0, 0.1) is 5.92 Å². The molecule has 0 radical (unpaired) electrons. The maximum absolute atomic E-state index is 11.8. The highest BCUT2D eigenvalue weighted by Gasteiger charge is 2.32. The average molecular weight is 232 g/mol. The summed E-state index contributed by atoms with van der Waals surface area (Å²) < 4.78 is 12.4. The van der Waals surface area contributed by atoms with Crippen LogP contribution in [0.3, 0.4) is 0 Å². The number of carbonyl (C=O) groups is 2. The summed E-state index contributed by atoms with van der Waals surface area (Å²) in [4.78, 5) is 23.8. The minimum Gasteiger partial charge on any atom is -0.480 e. The summed E-state index contributed by atoms with van der Waals surface area (Å²) in [6.07, 6.45) is -0.770. The predicted octanol–water partition coefficient (Wildman–Crippen LogP) is 1.96. The van der Waals surface area contributed by atoms with Gasteiger partial charge in [-0.05, 0) is 26.7 Å². The number of hydrogen-bond acceptors (Lipinski definition) is 3. The zero-order valence-corrected chi connectivity index (χ0v) is 10.5. The van der Waals surface area contributed by atoms with Gasteiger partial charge < -0.3 is 9.84 Å². The van der Waals surface area contributed by atoms with Crippen LogP contribution in [0.2, 0.25) is 0 Å². The molecule has 0 aromatic rings. The molecule has 0 aliphatic carbocycles. The third kappa shape index (κ3) is 4.51. The van der Waals surface area contributed by atoms with Crippen LogP contribution in [-0.2, 0) is 9.53 Å². The summed E-state index contributed by atoms with van der Waals surface area (Å²) in [6.45, 7) is 8.45. The molecule has 1 atom stereocenters. The van der Waals surface area contributed by atoms with Crippen LogP contribution in [0.25, 0.3) is 0 Å². The van der Waals surface area contributed by atoms with Gasteiger partial charge in [-0.1, -0.05) is 13.8 Å². The van der Waals surface area contributed by atoms with E-state index in [4.69, 9.17) is 11.2 Å². The Morgan fingerprint density at radius 3 is 2.12 bits per heavy atom. The molecule has 1 amide bonds. The highest BCUT2D eigenvalue weighted by molar-refractivity contribution is 5.80. The van der Waals surface area contributed by atoms with Crippen molar-refractivity contribution in [2.24, 2.45) is 5.92 Å². The standard InChI is InChI=1S/C11H21NO4/c1-7(2)8(9(13)14)12(6)10(15)16-11(3,4)5/h7-8H,1-6H3,(H,13,14)/t8-/m0/s1/i6D. The van der Waals surface area contributed by atoms with Crippen molar-refractivity contribution >= 4 is 12.1 Å². The Kier molecular flexibility index (Phi) is 4.15. The summed E-state index contributed by atoms with van der Waals surface area (Å²) in [5, 5.41) is 9.06. The molecule has 0 unspecified atom stereocenters. The molecule has 94 valence electrons. The highest BCUT2D eigenvalue weighted by Crippen LogP contribution is 2.14. The van der Waals surface area contributed by atoms with E-state index < -0.39 is 30.7 Å². The van der Waals surface area contributed by atoms with Gasteiger partial charge in [0.1, 0.15) is 11.6 Å². The molecule has 0 heterocycles. The van der Waals surface area contributed by atoms with E-state index in [1.165, 1.54) is 0 Å². The topological polar surface area (TPSA) is 66.8 Å². The number of amides is 1. The van der Waals surface area contributed by atoms with Gasteiger partial charge >= 0.3 is 12.1 Å². The van der Waals surface area contributed by atoms with E-state index in [0.29, 0.717) is 0 Å². The van der Waals surface area contributed by atoms with Gasteiger partial charge in [0.2, 0.25) is 0 Å². The second-order valence-electron chi connectivity index (χ2n) is 4.98. The van der Waals surface area contributed by atoms with Crippen molar-refractivity contribution in [1.29, 1.82) is 0 Å². The molecular formula is C11H21NO4. The first-order valence-corrected chi connectivity index (χ1v) is 5.11. The van der Waals surface area contributed by atoms with Crippen LogP contribution < -0.4 is 0 Å². The molecule has 0 spiro atoms. The fraction of sp³-hybridized carbons (Fsp3) is 0.818. The number of ether oxygens (including phenoxy) is 1. The van der Waals surface area contributed by atoms with Gasteiger partial charge in [0.15, 0.2) is 0 Å². The first-order valence-electron chi connectivity index (χ1n) is 5.82. The lowest BCUT2D eigenvalue weighted by Crippen LogP contribution is -2.47. The summed E-state index contributed by atoms with van der Waals surface area (Å²) >= 11 is 0. The van der Waals surface area contributed by atoms with Crippen molar-refractivity contribution < 1.29 is 20.8 Å². The molecule has 0 saturated heterocycles. The van der Waals surface area contributed by atoms with Crippen LogP contribution in [0.1, 0.15) is 36.0 Å². The van der Waals surface area contributed by atoms with E-state index in [1.807, 2.05) is 0 Å². The Labute approximate surface area is 97.8 Å². The van der Waals surface area contributed by atoms with Crippen LogP contribution >= 0.6 is 0 Å². The van der Waals surface area contributed by atoms with Crippen molar-refractivity contribution in [3.05, 3.63) is 0 Å². The van der Waals surface area contributed by atoms with E-state index in [-0.39, 0.29) is 5.92 Å². The summed E-state index contributed by atoms with van der Waals surface area (Å²) in [5.74, 6) is -1.41. The van der Waals surface area contributed by atoms with Crippen molar-refractivity contribution in [2.45, 2.75) is 46.3 Å². The number of likely N-dealkylation sites (N-methyl/N-ethyl adjacent to an activating group) is 1. The third-order valence-corrected chi connectivity index (χ3v) is 1.85. The largest absolute Gasteiger partial charge is 0.480 e. The van der Waals surface area contributed by atoms with Gasteiger partial charge in [0.25, 0.3) is 0 Å². The maximum atomic E-state index is 11.8. The van der Waals surface area contributed by atoms with Crippen molar-refractivity contribution in [1.82, 2.24) is 4.90 Å². The molecule has 0 saturated carbocycles. The summed E-state index contributed by atoms with van der Waals surface area (Å²) in [6, 6.07) is -1.04. The summed E-state index contributed by atoms with van der Waals surface area (Å²) in [7, 11) is -0.440. The Morgan fingerprint density at radius 2 is 1.88 bits per heavy atom. The molecule has 0 rings (SSSR count). The number of hydrogen-bond donors (Lipinski definition) is 1. The van der Waals surface area contributed by atoms with Crippen molar-refractivity contribution in [3.63, 3.8) is 0 Å². The van der Waals surface area contributed by atoms with Crippen LogP contribution in [0.15, 0.2) is 0 Å². The minimum absolute atomic E-state index is 0.287. The molecule has 16 heavy (non-hydrogen) atoms. The van der Waals surface area contributed by atoms with Crippen LogP contribution in [0.5, 0.6) is 0 Å². The lowest BCUT2D eigenvalue weighted by molar-refractivity contribution is -0.144. The maximum Gasteiger partial charge on any atom is 0.410 e. The lowest BCUT2D eigenvalue weighted by Gasteiger charge is -2.30. The van der Waals surface area contributed by atoms with Crippen LogP contribution in [-0.4, -0.2) is 40.7 Å². The molecule has 0 aliphatic rings. The number of aliphatic carboxylic acids is 1. The van der Waals surface area contributed by atoms with E-state index in [2.05, 4.69) is 0 Å².